The first-order valence-corrected chi connectivity index (χ1v) is 22.9. The third-order valence-electron chi connectivity index (χ3n) is 12.3. The van der Waals surface area contributed by atoms with Crippen molar-refractivity contribution in [1.29, 1.82) is 0 Å². The third-order valence-corrected chi connectivity index (χ3v) is 13.9. The van der Waals surface area contributed by atoms with Crippen LogP contribution in [-0.4, -0.2) is 98.5 Å². The van der Waals surface area contributed by atoms with Gasteiger partial charge in [0.2, 0.25) is 0 Å². The van der Waals surface area contributed by atoms with Crippen molar-refractivity contribution < 1.29 is 27.6 Å². The van der Waals surface area contributed by atoms with Gasteiger partial charge in [-0.05, 0) is 92.2 Å². The second kappa shape index (κ2) is 17.7. The number of H-pyrrole nitrogens is 1. The van der Waals surface area contributed by atoms with E-state index in [1.807, 2.05) is 32.2 Å². The van der Waals surface area contributed by atoms with E-state index in [1.165, 1.54) is 29.0 Å². The van der Waals surface area contributed by atoms with Crippen LogP contribution >= 0.6 is 11.6 Å². The largest absolute Gasteiger partial charge is 0.493 e. The van der Waals surface area contributed by atoms with Gasteiger partial charge in [0.15, 0.2) is 0 Å². The zero-order valence-corrected chi connectivity index (χ0v) is 37.0. The molecule has 0 bridgehead atoms. The minimum Gasteiger partial charge on any atom is -0.493 e. The van der Waals surface area contributed by atoms with Gasteiger partial charge in [-0.1, -0.05) is 50.1 Å². The molecular weight excluding hydrogens is 830 g/mol. The second-order valence-corrected chi connectivity index (χ2v) is 19.5. The summed E-state index contributed by atoms with van der Waals surface area (Å²) in [4.78, 5) is 39.5. The molecule has 16 heteroatoms. The van der Waals surface area contributed by atoms with E-state index in [2.05, 4.69) is 55.4 Å². The molecule has 2 N–H and O–H groups in total. The summed E-state index contributed by atoms with van der Waals surface area (Å²) in [6, 6.07) is 19.1. The van der Waals surface area contributed by atoms with Gasteiger partial charge < -0.3 is 24.3 Å². The number of aromatic amines is 1. The Balaban J connectivity index is 1.03. The number of nitro benzene ring substituents is 1. The maximum Gasteiger partial charge on any atom is 0.277 e. The first-order valence-electron chi connectivity index (χ1n) is 21.0. The van der Waals surface area contributed by atoms with E-state index in [4.69, 9.17) is 21.1 Å². The van der Waals surface area contributed by atoms with Crippen molar-refractivity contribution in [2.75, 3.05) is 64.4 Å². The van der Waals surface area contributed by atoms with Crippen molar-refractivity contribution in [2.45, 2.75) is 51.3 Å². The highest BCUT2D eigenvalue weighted by molar-refractivity contribution is 7.90. The molecule has 1 amide bonds. The average Bonchev–Trinajstić information content (AvgIpc) is 3.72. The van der Waals surface area contributed by atoms with Gasteiger partial charge in [-0.15, -0.1) is 0 Å². The lowest BCUT2D eigenvalue weighted by Crippen LogP contribution is -2.47. The molecular formula is C46H52ClN7O7S. The molecule has 5 aromatic rings. The van der Waals surface area contributed by atoms with Gasteiger partial charge in [0, 0.05) is 85.7 Å². The monoisotopic (exact) mass is 881 g/mol. The van der Waals surface area contributed by atoms with Gasteiger partial charge in [-0.25, -0.2) is 18.1 Å². The number of rotatable bonds is 13. The van der Waals surface area contributed by atoms with E-state index >= 15 is 0 Å². The molecule has 0 radical (unpaired) electrons. The normalized spacial score (nSPS) is 18.1. The molecule has 1 atom stereocenters. The number of anilines is 1. The summed E-state index contributed by atoms with van der Waals surface area (Å²) in [5.41, 5.74) is 5.71. The van der Waals surface area contributed by atoms with Crippen LogP contribution in [0, 0.1) is 21.4 Å². The highest BCUT2D eigenvalue weighted by Gasteiger charge is 2.33. The quantitative estimate of drug-likeness (QED) is 0.0864. The number of hydrogen-bond donors (Lipinski definition) is 2. The van der Waals surface area contributed by atoms with Crippen LogP contribution in [0.4, 0.5) is 11.4 Å². The van der Waals surface area contributed by atoms with E-state index in [1.54, 1.807) is 30.5 Å². The maximum absolute atomic E-state index is 14.0. The number of piperazine rings is 1. The molecule has 3 aromatic carbocycles. The van der Waals surface area contributed by atoms with Gasteiger partial charge in [-0.2, -0.15) is 0 Å². The Hall–Kier alpha value is -5.48. The molecule has 0 unspecified atom stereocenters. The number of aromatic nitrogens is 2. The average molecular weight is 882 g/mol. The molecule has 1 saturated heterocycles. The number of sulfonamides is 1. The molecule has 62 heavy (non-hydrogen) atoms. The van der Waals surface area contributed by atoms with Crippen LogP contribution in [0.1, 0.15) is 61.5 Å². The minimum absolute atomic E-state index is 0.00673. The smallest absolute Gasteiger partial charge is 0.277 e. The van der Waals surface area contributed by atoms with E-state index < -0.39 is 25.7 Å². The highest BCUT2D eigenvalue weighted by atomic mass is 35.5. The van der Waals surface area contributed by atoms with Gasteiger partial charge in [0.25, 0.3) is 21.6 Å². The Morgan fingerprint density at radius 2 is 1.87 bits per heavy atom. The lowest BCUT2D eigenvalue weighted by molar-refractivity contribution is -0.386. The number of carbonyl (C=O) groups excluding carboxylic acids is 1. The Morgan fingerprint density at radius 3 is 2.61 bits per heavy atom. The number of benzene rings is 3. The minimum atomic E-state index is -4.61. The van der Waals surface area contributed by atoms with Crippen LogP contribution in [-0.2, 0) is 16.4 Å². The molecule has 0 spiro atoms. The van der Waals surface area contributed by atoms with Crippen molar-refractivity contribution in [2.24, 2.45) is 11.3 Å². The van der Waals surface area contributed by atoms with Crippen molar-refractivity contribution >= 4 is 55.5 Å². The predicted molar refractivity (Wildman–Crippen MR) is 241 cm³/mol. The molecule has 2 aromatic heterocycles. The summed E-state index contributed by atoms with van der Waals surface area (Å²) < 4.78 is 42.1. The molecule has 0 saturated carbocycles. The summed E-state index contributed by atoms with van der Waals surface area (Å²) in [7, 11) is -2.65. The first kappa shape index (κ1) is 43.2. The number of nitro groups is 1. The molecule has 1 fully saturated rings. The van der Waals surface area contributed by atoms with E-state index in [0.717, 1.165) is 80.7 Å². The SMILES string of the molecule is CCN(C)C[C@H]1COc2cc(S(=O)(=O)NC(=O)c3ccc(N4CCN(CC5=C(c6ccc(Cl)cc6)CC(C)(C)CC5)CC4)cc3Oc3cnc4[nH]ccc4c3)cc([N+](=O)[O-])c2C1. The van der Waals surface area contributed by atoms with Crippen LogP contribution < -0.4 is 19.1 Å². The molecule has 2 aliphatic heterocycles. The number of ether oxygens (including phenoxy) is 2. The number of pyridine rings is 1. The zero-order chi connectivity index (χ0) is 43.8. The standard InChI is InChI=1S/C46H52ClN7O7S/c1-5-51(4)27-30-20-39-41(54(56)57)23-37(24-42(39)60-29-30)62(58,59)50-45(55)38-11-10-35(22-43(38)61-36-21-32-13-15-48-44(32)49-26-36)53-18-16-52(17-19-53)28-33-12-14-46(2,3)25-40(33)31-6-8-34(47)9-7-31/h6-11,13,15,21-24,26,30H,5,12,14,16-20,25,27-29H2,1-4H3,(H,48,49)(H,50,55)/t30-/m0/s1. The topological polar surface area (TPSA) is 163 Å². The van der Waals surface area contributed by atoms with Crippen LogP contribution in [0.2, 0.25) is 5.02 Å². The van der Waals surface area contributed by atoms with Crippen molar-refractivity contribution in [3.05, 3.63) is 117 Å². The number of hydrogen-bond acceptors (Lipinski definition) is 11. The van der Waals surface area contributed by atoms with Crippen molar-refractivity contribution in [1.82, 2.24) is 24.5 Å². The molecule has 14 nitrogen and oxygen atoms in total. The predicted octanol–water partition coefficient (Wildman–Crippen LogP) is 8.32. The van der Waals surface area contributed by atoms with Crippen LogP contribution in [0.3, 0.4) is 0 Å². The lowest BCUT2D eigenvalue weighted by atomic mass is 9.72. The lowest BCUT2D eigenvalue weighted by Gasteiger charge is -2.39. The Morgan fingerprint density at radius 1 is 1.10 bits per heavy atom. The zero-order valence-electron chi connectivity index (χ0n) is 35.4. The number of halogens is 1. The molecule has 4 heterocycles. The number of fused-ring (bicyclic) bond motifs is 2. The number of carbonyl (C=O) groups is 1. The van der Waals surface area contributed by atoms with E-state index in [0.29, 0.717) is 29.9 Å². The summed E-state index contributed by atoms with van der Waals surface area (Å²) in [5.74, 6) is -0.379. The van der Waals surface area contributed by atoms with Gasteiger partial charge >= 0.3 is 0 Å². The number of amides is 1. The molecule has 326 valence electrons. The molecule has 3 aliphatic rings. The Labute approximate surface area is 367 Å². The summed E-state index contributed by atoms with van der Waals surface area (Å²) in [6.07, 6.45) is 6.84. The van der Waals surface area contributed by atoms with Gasteiger partial charge in [0.05, 0.1) is 33.7 Å². The van der Waals surface area contributed by atoms with Crippen LogP contribution in [0.25, 0.3) is 16.6 Å². The van der Waals surface area contributed by atoms with Crippen LogP contribution in [0.5, 0.6) is 17.2 Å². The van der Waals surface area contributed by atoms with Crippen molar-refractivity contribution in [3.8, 4) is 17.2 Å². The maximum atomic E-state index is 14.0. The fourth-order valence-corrected chi connectivity index (χ4v) is 9.84. The van der Waals surface area contributed by atoms with E-state index in [9.17, 15) is 23.3 Å². The Bertz CT molecular complexity index is 2640. The third kappa shape index (κ3) is 9.60. The first-order chi connectivity index (χ1) is 29.6. The fourth-order valence-electron chi connectivity index (χ4n) is 8.72. The van der Waals surface area contributed by atoms with Gasteiger partial charge in [0.1, 0.15) is 22.9 Å². The van der Waals surface area contributed by atoms with E-state index in [-0.39, 0.29) is 40.7 Å². The summed E-state index contributed by atoms with van der Waals surface area (Å²) in [6.45, 7) is 12.4. The second-order valence-electron chi connectivity index (χ2n) is 17.4. The number of nitrogens with zero attached hydrogens (tertiary/aromatic N) is 5. The fraction of sp³-hybridized carbons (Fsp3) is 0.391. The van der Waals surface area contributed by atoms with Crippen LogP contribution in [0.15, 0.2) is 89.6 Å². The van der Waals surface area contributed by atoms with Crippen molar-refractivity contribution in [3.63, 3.8) is 0 Å². The molecule has 1 aliphatic carbocycles. The number of nitrogens with one attached hydrogen (secondary N) is 2. The number of allylic oxidation sites excluding steroid dienone is 1. The molecule has 8 rings (SSSR count). The van der Waals surface area contributed by atoms with Gasteiger partial charge in [-0.3, -0.25) is 19.8 Å². The summed E-state index contributed by atoms with van der Waals surface area (Å²) in [5, 5.41) is 13.8. The highest BCUT2D eigenvalue weighted by Crippen LogP contribution is 2.44. The Kier molecular flexibility index (Phi) is 12.3. The summed E-state index contributed by atoms with van der Waals surface area (Å²) >= 11 is 6.24.